The molecular weight excluding hydrogens is 178 g/mol. The van der Waals surface area contributed by atoms with Crippen LogP contribution in [0.2, 0.25) is 0 Å². The standard InChI is InChI=1S/C11H19NO2/c1-3-4-8-12-9-6-5-7-10(12)11(13)14-2/h3-4,10H,5-9H2,1-2H3/b4-3+. The zero-order valence-corrected chi connectivity index (χ0v) is 9.03. The molecule has 0 N–H and O–H groups in total. The van der Waals surface area contributed by atoms with Crippen molar-refractivity contribution in [3.8, 4) is 0 Å². The number of piperidine rings is 1. The quantitative estimate of drug-likeness (QED) is 0.508. The van der Waals surface area contributed by atoms with Crippen LogP contribution >= 0.6 is 0 Å². The Morgan fingerprint density at radius 2 is 2.36 bits per heavy atom. The van der Waals surface area contributed by atoms with E-state index in [0.29, 0.717) is 0 Å². The highest BCUT2D eigenvalue weighted by atomic mass is 16.5. The van der Waals surface area contributed by atoms with Crippen molar-refractivity contribution < 1.29 is 9.53 Å². The predicted molar refractivity (Wildman–Crippen MR) is 56.0 cm³/mol. The van der Waals surface area contributed by atoms with Crippen molar-refractivity contribution in [1.82, 2.24) is 4.90 Å². The van der Waals surface area contributed by atoms with Gasteiger partial charge in [0.25, 0.3) is 0 Å². The zero-order chi connectivity index (χ0) is 10.4. The Labute approximate surface area is 85.7 Å². The number of hydrogen-bond donors (Lipinski definition) is 0. The molecule has 14 heavy (non-hydrogen) atoms. The van der Waals surface area contributed by atoms with Crippen molar-refractivity contribution >= 4 is 5.97 Å². The lowest BCUT2D eigenvalue weighted by Crippen LogP contribution is -2.45. The Morgan fingerprint density at radius 3 is 3.00 bits per heavy atom. The molecule has 0 aromatic carbocycles. The van der Waals surface area contributed by atoms with E-state index in [-0.39, 0.29) is 12.0 Å². The second-order valence-corrected chi connectivity index (χ2v) is 3.60. The van der Waals surface area contributed by atoms with Crippen molar-refractivity contribution in [1.29, 1.82) is 0 Å². The summed E-state index contributed by atoms with van der Waals surface area (Å²) in [6.45, 7) is 3.86. The fraction of sp³-hybridized carbons (Fsp3) is 0.727. The van der Waals surface area contributed by atoms with E-state index in [2.05, 4.69) is 11.0 Å². The molecule has 1 heterocycles. The normalized spacial score (nSPS) is 24.0. The van der Waals surface area contributed by atoms with Gasteiger partial charge in [-0.3, -0.25) is 9.69 Å². The van der Waals surface area contributed by atoms with Gasteiger partial charge in [-0.15, -0.1) is 0 Å². The molecule has 0 aromatic rings. The number of hydrogen-bond acceptors (Lipinski definition) is 3. The lowest BCUT2D eigenvalue weighted by Gasteiger charge is -2.32. The highest BCUT2D eigenvalue weighted by molar-refractivity contribution is 5.75. The van der Waals surface area contributed by atoms with Crippen molar-refractivity contribution in [2.75, 3.05) is 20.2 Å². The third kappa shape index (κ3) is 2.84. The van der Waals surface area contributed by atoms with Gasteiger partial charge in [-0.05, 0) is 26.3 Å². The highest BCUT2D eigenvalue weighted by Crippen LogP contribution is 2.17. The van der Waals surface area contributed by atoms with Gasteiger partial charge >= 0.3 is 5.97 Å². The molecule has 0 aromatic heterocycles. The second kappa shape index (κ2) is 5.81. The number of carbonyl (C=O) groups is 1. The minimum atomic E-state index is -0.0887. The van der Waals surface area contributed by atoms with Crippen LogP contribution in [0.3, 0.4) is 0 Å². The summed E-state index contributed by atoms with van der Waals surface area (Å²) in [4.78, 5) is 13.6. The van der Waals surface area contributed by atoms with Crippen molar-refractivity contribution in [3.63, 3.8) is 0 Å². The fourth-order valence-corrected chi connectivity index (χ4v) is 1.85. The number of likely N-dealkylation sites (tertiary alicyclic amines) is 1. The maximum Gasteiger partial charge on any atom is 0.323 e. The molecule has 1 unspecified atom stereocenters. The average Bonchev–Trinajstić information content (AvgIpc) is 2.25. The van der Waals surface area contributed by atoms with Crippen LogP contribution in [0.5, 0.6) is 0 Å². The maximum atomic E-state index is 11.5. The molecule has 1 aliphatic rings. The van der Waals surface area contributed by atoms with E-state index >= 15 is 0 Å². The molecule has 1 saturated heterocycles. The lowest BCUT2D eigenvalue weighted by molar-refractivity contribution is -0.148. The van der Waals surface area contributed by atoms with Crippen LogP contribution in [-0.4, -0.2) is 37.1 Å². The lowest BCUT2D eigenvalue weighted by atomic mass is 10.0. The molecule has 0 radical (unpaired) electrons. The van der Waals surface area contributed by atoms with E-state index in [0.717, 1.165) is 25.9 Å². The van der Waals surface area contributed by atoms with Crippen LogP contribution < -0.4 is 0 Å². The van der Waals surface area contributed by atoms with Gasteiger partial charge in [0.15, 0.2) is 0 Å². The summed E-state index contributed by atoms with van der Waals surface area (Å²) in [6.07, 6.45) is 7.35. The number of carbonyl (C=O) groups excluding carboxylic acids is 1. The Morgan fingerprint density at radius 1 is 1.57 bits per heavy atom. The topological polar surface area (TPSA) is 29.5 Å². The van der Waals surface area contributed by atoms with E-state index in [4.69, 9.17) is 4.74 Å². The summed E-state index contributed by atoms with van der Waals surface area (Å²) in [5.74, 6) is -0.0887. The molecule has 1 rings (SSSR count). The predicted octanol–water partition coefficient (Wildman–Crippen LogP) is 1.59. The van der Waals surface area contributed by atoms with Crippen LogP contribution in [0.4, 0.5) is 0 Å². The first-order valence-corrected chi connectivity index (χ1v) is 5.22. The smallest absolute Gasteiger partial charge is 0.323 e. The second-order valence-electron chi connectivity index (χ2n) is 3.60. The zero-order valence-electron chi connectivity index (χ0n) is 9.03. The highest BCUT2D eigenvalue weighted by Gasteiger charge is 2.28. The van der Waals surface area contributed by atoms with Gasteiger partial charge in [-0.2, -0.15) is 0 Å². The van der Waals surface area contributed by atoms with Crippen molar-refractivity contribution in [2.45, 2.75) is 32.2 Å². The first-order chi connectivity index (χ1) is 6.79. The largest absolute Gasteiger partial charge is 0.468 e. The molecular formula is C11H19NO2. The summed E-state index contributed by atoms with van der Waals surface area (Å²) in [5.41, 5.74) is 0. The third-order valence-electron chi connectivity index (χ3n) is 2.66. The molecule has 0 amide bonds. The summed E-state index contributed by atoms with van der Waals surface area (Å²) >= 11 is 0. The van der Waals surface area contributed by atoms with Crippen molar-refractivity contribution in [3.05, 3.63) is 12.2 Å². The Bertz CT molecular complexity index is 213. The van der Waals surface area contributed by atoms with Crippen LogP contribution in [0.25, 0.3) is 0 Å². The fourth-order valence-electron chi connectivity index (χ4n) is 1.85. The SMILES string of the molecule is C/C=C/CN1CCCCC1C(=O)OC. The van der Waals surface area contributed by atoms with E-state index in [1.165, 1.54) is 13.5 Å². The molecule has 80 valence electrons. The van der Waals surface area contributed by atoms with E-state index in [9.17, 15) is 4.79 Å². The van der Waals surface area contributed by atoms with Gasteiger partial charge in [0.05, 0.1) is 7.11 Å². The summed E-state index contributed by atoms with van der Waals surface area (Å²) in [5, 5.41) is 0. The monoisotopic (exact) mass is 197 g/mol. The van der Waals surface area contributed by atoms with E-state index in [1.54, 1.807) is 0 Å². The number of nitrogens with zero attached hydrogens (tertiary/aromatic N) is 1. The maximum absolute atomic E-state index is 11.5. The molecule has 0 bridgehead atoms. The Kier molecular flexibility index (Phi) is 4.66. The first kappa shape index (κ1) is 11.2. The minimum Gasteiger partial charge on any atom is -0.468 e. The molecule has 3 heteroatoms. The summed E-state index contributed by atoms with van der Waals surface area (Å²) in [7, 11) is 1.46. The van der Waals surface area contributed by atoms with Crippen LogP contribution in [0.1, 0.15) is 26.2 Å². The number of allylic oxidation sites excluding steroid dienone is 1. The van der Waals surface area contributed by atoms with Crippen LogP contribution in [0, 0.1) is 0 Å². The Hall–Kier alpha value is -0.830. The third-order valence-corrected chi connectivity index (χ3v) is 2.66. The molecule has 1 fully saturated rings. The number of rotatable bonds is 3. The number of ether oxygens (including phenoxy) is 1. The summed E-state index contributed by atoms with van der Waals surface area (Å²) in [6, 6.07) is -0.0232. The molecule has 0 spiro atoms. The molecule has 0 aliphatic carbocycles. The van der Waals surface area contributed by atoms with Crippen LogP contribution in [0.15, 0.2) is 12.2 Å². The average molecular weight is 197 g/mol. The summed E-state index contributed by atoms with van der Waals surface area (Å²) < 4.78 is 4.80. The van der Waals surface area contributed by atoms with Gasteiger partial charge in [0, 0.05) is 6.54 Å². The van der Waals surface area contributed by atoms with Gasteiger partial charge in [-0.25, -0.2) is 0 Å². The van der Waals surface area contributed by atoms with Gasteiger partial charge in [0.2, 0.25) is 0 Å². The number of methoxy groups -OCH3 is 1. The minimum absolute atomic E-state index is 0.0232. The number of esters is 1. The molecule has 3 nitrogen and oxygen atoms in total. The van der Waals surface area contributed by atoms with Crippen LogP contribution in [-0.2, 0) is 9.53 Å². The molecule has 1 aliphatic heterocycles. The van der Waals surface area contributed by atoms with E-state index < -0.39 is 0 Å². The van der Waals surface area contributed by atoms with Gasteiger partial charge in [-0.1, -0.05) is 18.6 Å². The molecule has 0 saturated carbocycles. The first-order valence-electron chi connectivity index (χ1n) is 5.22. The van der Waals surface area contributed by atoms with Gasteiger partial charge < -0.3 is 4.74 Å². The molecule has 1 atom stereocenters. The van der Waals surface area contributed by atoms with Gasteiger partial charge in [0.1, 0.15) is 6.04 Å². The van der Waals surface area contributed by atoms with Crippen molar-refractivity contribution in [2.24, 2.45) is 0 Å². The van der Waals surface area contributed by atoms with E-state index in [1.807, 2.05) is 13.0 Å². The Balaban J connectivity index is 2.54.